The van der Waals surface area contributed by atoms with Crippen molar-refractivity contribution in [3.8, 4) is 5.75 Å². The van der Waals surface area contributed by atoms with Gasteiger partial charge in [-0.25, -0.2) is 13.8 Å². The topological polar surface area (TPSA) is 88.4 Å². The van der Waals surface area contributed by atoms with Crippen LogP contribution < -0.4 is 4.74 Å². The van der Waals surface area contributed by atoms with Crippen LogP contribution in [0, 0.1) is 0 Å². The number of carbonyl (C=O) groups excluding carboxylic acids is 1. The highest BCUT2D eigenvalue weighted by atomic mass is 19.3. The quantitative estimate of drug-likeness (QED) is 0.539. The molecule has 8 nitrogen and oxygen atoms in total. The zero-order valence-electron chi connectivity index (χ0n) is 16.8. The lowest BCUT2D eigenvalue weighted by Crippen LogP contribution is -2.39. The van der Waals surface area contributed by atoms with Crippen molar-refractivity contribution in [3.63, 3.8) is 0 Å². The molecule has 160 valence electrons. The van der Waals surface area contributed by atoms with E-state index in [0.717, 1.165) is 28.3 Å². The highest BCUT2D eigenvalue weighted by Crippen LogP contribution is 2.31. The molecule has 0 spiro atoms. The van der Waals surface area contributed by atoms with E-state index in [-0.39, 0.29) is 23.3 Å². The van der Waals surface area contributed by atoms with E-state index in [4.69, 9.17) is 4.74 Å². The molecule has 1 N–H and O–H groups in total. The van der Waals surface area contributed by atoms with Crippen LogP contribution >= 0.6 is 0 Å². The first-order valence-corrected chi connectivity index (χ1v) is 9.99. The summed E-state index contributed by atoms with van der Waals surface area (Å²) in [7, 11) is 1.59. The summed E-state index contributed by atoms with van der Waals surface area (Å²) < 4.78 is 33.5. The maximum Gasteiger partial charge on any atom is 0.280 e. The number of hydrogen-bond donors (Lipinski definition) is 1. The summed E-state index contributed by atoms with van der Waals surface area (Å²) in [5.74, 6) is 0.532. The number of nitrogens with one attached hydrogen (secondary N) is 1. The number of amides is 1. The van der Waals surface area contributed by atoms with Crippen molar-refractivity contribution in [1.29, 1.82) is 0 Å². The average Bonchev–Trinajstić information content (AvgIpc) is 3.44. The Morgan fingerprint density at radius 1 is 1.32 bits per heavy atom. The number of alkyl halides is 2. The smallest absolute Gasteiger partial charge is 0.280 e. The van der Waals surface area contributed by atoms with Gasteiger partial charge in [-0.05, 0) is 37.1 Å². The number of piperidine rings is 1. The second-order valence-electron chi connectivity index (χ2n) is 7.57. The van der Waals surface area contributed by atoms with Gasteiger partial charge in [-0.1, -0.05) is 6.07 Å². The molecular formula is C21H20F2N6O2. The number of aromatic amines is 1. The Kier molecular flexibility index (Phi) is 4.76. The van der Waals surface area contributed by atoms with Gasteiger partial charge >= 0.3 is 0 Å². The second-order valence-corrected chi connectivity index (χ2v) is 7.57. The maximum atomic E-state index is 13.5. The molecule has 1 unspecified atom stereocenters. The van der Waals surface area contributed by atoms with E-state index >= 15 is 0 Å². The van der Waals surface area contributed by atoms with Crippen molar-refractivity contribution < 1.29 is 18.3 Å². The van der Waals surface area contributed by atoms with Crippen LogP contribution in [0.5, 0.6) is 5.75 Å². The van der Waals surface area contributed by atoms with Gasteiger partial charge in [0.15, 0.2) is 0 Å². The van der Waals surface area contributed by atoms with Gasteiger partial charge in [-0.3, -0.25) is 4.79 Å². The molecule has 1 saturated heterocycles. The number of halogens is 2. The Morgan fingerprint density at radius 3 is 3.00 bits per heavy atom. The first-order chi connectivity index (χ1) is 15.0. The maximum absolute atomic E-state index is 13.5. The van der Waals surface area contributed by atoms with Crippen LogP contribution in [0.3, 0.4) is 0 Å². The fourth-order valence-electron chi connectivity index (χ4n) is 4.21. The van der Waals surface area contributed by atoms with Gasteiger partial charge in [0, 0.05) is 29.9 Å². The molecule has 0 bridgehead atoms. The molecule has 0 saturated carbocycles. The van der Waals surface area contributed by atoms with E-state index in [1.54, 1.807) is 18.1 Å². The van der Waals surface area contributed by atoms with Crippen LogP contribution in [0.25, 0.3) is 16.7 Å². The lowest BCUT2D eigenvalue weighted by molar-refractivity contribution is 0.0700. The molecule has 1 amide bonds. The fraction of sp³-hybridized carbons (Fsp3) is 0.333. The van der Waals surface area contributed by atoms with Crippen molar-refractivity contribution in [2.45, 2.75) is 25.2 Å². The lowest BCUT2D eigenvalue weighted by Gasteiger charge is -2.32. The molecule has 5 rings (SSSR count). The Morgan fingerprint density at radius 2 is 2.19 bits per heavy atom. The van der Waals surface area contributed by atoms with Gasteiger partial charge in [0.25, 0.3) is 18.1 Å². The van der Waals surface area contributed by atoms with Crippen LogP contribution in [0.1, 0.15) is 47.1 Å². The summed E-state index contributed by atoms with van der Waals surface area (Å²) in [4.78, 5) is 26.5. The molecule has 0 aliphatic carbocycles. The normalized spacial score (nSPS) is 17.0. The highest BCUT2D eigenvalue weighted by Gasteiger charge is 2.29. The number of hydrogen-bond acceptors (Lipinski definition) is 5. The second kappa shape index (κ2) is 7.60. The third-order valence-corrected chi connectivity index (χ3v) is 5.72. The molecule has 4 heterocycles. The van der Waals surface area contributed by atoms with Gasteiger partial charge in [-0.15, -0.1) is 0 Å². The Balaban J connectivity index is 1.43. The van der Waals surface area contributed by atoms with Crippen LogP contribution in [-0.4, -0.2) is 55.6 Å². The van der Waals surface area contributed by atoms with Gasteiger partial charge in [0.1, 0.15) is 23.5 Å². The van der Waals surface area contributed by atoms with Crippen molar-refractivity contribution in [2.75, 3.05) is 20.2 Å². The third kappa shape index (κ3) is 3.37. The van der Waals surface area contributed by atoms with Crippen LogP contribution in [-0.2, 0) is 0 Å². The third-order valence-electron chi connectivity index (χ3n) is 5.72. The van der Waals surface area contributed by atoms with Gasteiger partial charge < -0.3 is 14.6 Å². The summed E-state index contributed by atoms with van der Waals surface area (Å²) >= 11 is 0. The van der Waals surface area contributed by atoms with E-state index in [9.17, 15) is 13.6 Å². The largest absolute Gasteiger partial charge is 0.496 e. The number of methoxy groups -OCH3 is 1. The molecule has 1 fully saturated rings. The van der Waals surface area contributed by atoms with E-state index in [2.05, 4.69) is 20.1 Å². The van der Waals surface area contributed by atoms with Crippen LogP contribution in [0.2, 0.25) is 0 Å². The number of H-pyrrole nitrogens is 1. The number of ether oxygens (including phenoxy) is 1. The fourth-order valence-corrected chi connectivity index (χ4v) is 4.21. The summed E-state index contributed by atoms with van der Waals surface area (Å²) in [5, 5.41) is 4.66. The minimum atomic E-state index is -2.70. The SMILES string of the molecule is COc1cccc2[nH]c(C(=O)N3CCCC(c4cc(C(F)F)n5ncnc5n4)C3)cc12. The average molecular weight is 426 g/mol. The number of aromatic nitrogens is 5. The summed E-state index contributed by atoms with van der Waals surface area (Å²) in [6, 6.07) is 8.75. The van der Waals surface area contributed by atoms with E-state index in [1.165, 1.54) is 12.4 Å². The number of rotatable bonds is 4. The summed E-state index contributed by atoms with van der Waals surface area (Å²) in [6.07, 6.45) is 0.0146. The lowest BCUT2D eigenvalue weighted by atomic mass is 9.94. The predicted octanol–water partition coefficient (Wildman–Crippen LogP) is 3.57. The van der Waals surface area contributed by atoms with Gasteiger partial charge in [-0.2, -0.15) is 14.6 Å². The first-order valence-electron chi connectivity index (χ1n) is 9.99. The van der Waals surface area contributed by atoms with E-state index < -0.39 is 6.43 Å². The number of fused-ring (bicyclic) bond motifs is 2. The minimum Gasteiger partial charge on any atom is -0.496 e. The van der Waals surface area contributed by atoms with Crippen molar-refractivity contribution >= 4 is 22.6 Å². The van der Waals surface area contributed by atoms with Crippen molar-refractivity contribution in [3.05, 3.63) is 53.7 Å². The summed E-state index contributed by atoms with van der Waals surface area (Å²) in [6.45, 7) is 0.988. The minimum absolute atomic E-state index is 0.138. The molecule has 4 aromatic rings. The number of benzene rings is 1. The highest BCUT2D eigenvalue weighted by molar-refractivity contribution is 5.99. The molecular weight excluding hydrogens is 406 g/mol. The standard InChI is InChI=1S/C21H20F2N6O2/c1-31-18-6-2-5-14-13(18)8-16(26-14)20(30)28-7-3-4-12(10-28)15-9-17(19(22)23)29-21(27-15)24-11-25-29/h2,5-6,8-9,11-12,19,26H,3-4,7,10H2,1H3. The van der Waals surface area contributed by atoms with Crippen molar-refractivity contribution in [2.24, 2.45) is 0 Å². The Hall–Kier alpha value is -3.56. The Labute approximate surface area is 175 Å². The number of likely N-dealkylation sites (tertiary alicyclic amines) is 1. The van der Waals surface area contributed by atoms with E-state index in [1.807, 2.05) is 18.2 Å². The van der Waals surface area contributed by atoms with E-state index in [0.29, 0.717) is 30.2 Å². The summed E-state index contributed by atoms with van der Waals surface area (Å²) in [5.41, 5.74) is 1.54. The zero-order valence-corrected chi connectivity index (χ0v) is 16.8. The monoisotopic (exact) mass is 426 g/mol. The Bertz CT molecular complexity index is 1270. The number of carbonyl (C=O) groups is 1. The molecule has 0 radical (unpaired) electrons. The molecule has 1 aliphatic heterocycles. The molecule has 31 heavy (non-hydrogen) atoms. The molecule has 1 aliphatic rings. The van der Waals surface area contributed by atoms with Gasteiger partial charge in [0.05, 0.1) is 12.8 Å². The number of nitrogens with zero attached hydrogens (tertiary/aromatic N) is 5. The molecule has 3 aromatic heterocycles. The van der Waals surface area contributed by atoms with Crippen molar-refractivity contribution in [1.82, 2.24) is 29.5 Å². The first kappa shape index (κ1) is 19.4. The predicted molar refractivity (Wildman–Crippen MR) is 108 cm³/mol. The zero-order chi connectivity index (χ0) is 21.5. The van der Waals surface area contributed by atoms with Crippen LogP contribution in [0.15, 0.2) is 36.7 Å². The molecule has 1 aromatic carbocycles. The molecule has 1 atom stereocenters. The van der Waals surface area contributed by atoms with Gasteiger partial charge in [0.2, 0.25) is 0 Å². The molecule has 10 heteroatoms. The van der Waals surface area contributed by atoms with Crippen LogP contribution in [0.4, 0.5) is 8.78 Å².